The maximum Gasteiger partial charge on any atom is 0.255 e. The average molecular weight is 357 g/mol. The van der Waals surface area contributed by atoms with E-state index >= 15 is 0 Å². The van der Waals surface area contributed by atoms with Gasteiger partial charge in [0, 0.05) is 37.1 Å². The summed E-state index contributed by atoms with van der Waals surface area (Å²) in [7, 11) is 0. The van der Waals surface area contributed by atoms with Crippen molar-refractivity contribution in [3.05, 3.63) is 59.7 Å². The molecule has 1 fully saturated rings. The van der Waals surface area contributed by atoms with Crippen LogP contribution in [0.2, 0.25) is 5.02 Å². The van der Waals surface area contributed by atoms with E-state index < -0.39 is 0 Å². The van der Waals surface area contributed by atoms with Gasteiger partial charge in [-0.05, 0) is 31.0 Å². The molecule has 0 saturated carbocycles. The lowest BCUT2D eigenvalue weighted by atomic mass is 9.95. The molecule has 3 aromatic rings. The van der Waals surface area contributed by atoms with E-state index in [9.17, 15) is 4.79 Å². The number of H-pyrrole nitrogens is 1. The van der Waals surface area contributed by atoms with E-state index in [-0.39, 0.29) is 5.91 Å². The van der Waals surface area contributed by atoms with Crippen LogP contribution in [0.3, 0.4) is 0 Å². The second-order valence-corrected chi connectivity index (χ2v) is 6.48. The lowest BCUT2D eigenvalue weighted by molar-refractivity contribution is 0.0711. The van der Waals surface area contributed by atoms with E-state index in [4.69, 9.17) is 11.6 Å². The Morgan fingerprint density at radius 1 is 1.20 bits per heavy atom. The van der Waals surface area contributed by atoms with Gasteiger partial charge in [-0.2, -0.15) is 0 Å². The van der Waals surface area contributed by atoms with Crippen LogP contribution in [0.4, 0.5) is 0 Å². The molecule has 2 aromatic heterocycles. The van der Waals surface area contributed by atoms with E-state index in [0.717, 1.165) is 24.4 Å². The van der Waals surface area contributed by atoms with Crippen LogP contribution in [0.1, 0.15) is 34.9 Å². The molecule has 4 rings (SSSR count). The van der Waals surface area contributed by atoms with Gasteiger partial charge in [-0.15, -0.1) is 10.2 Å². The number of aromatic nitrogens is 5. The standard InChI is InChI=1S/C17H17ClN6O/c18-15-9-13(24-10-21-22-11-24)1-2-14(15)17(25)23-7-3-12(4-8-23)16-19-5-6-20-16/h1-2,5-6,9-12H,3-4,7-8H2,(H,19,20). The summed E-state index contributed by atoms with van der Waals surface area (Å²) in [6.07, 6.45) is 8.58. The number of imidazole rings is 1. The van der Waals surface area contributed by atoms with E-state index in [1.54, 1.807) is 35.6 Å². The number of nitrogens with one attached hydrogen (secondary N) is 1. The highest BCUT2D eigenvalue weighted by Gasteiger charge is 2.26. The number of amides is 1. The quantitative estimate of drug-likeness (QED) is 0.782. The molecular formula is C17H17ClN6O. The summed E-state index contributed by atoms with van der Waals surface area (Å²) in [6.45, 7) is 1.40. The van der Waals surface area contributed by atoms with Crippen molar-refractivity contribution >= 4 is 17.5 Å². The molecule has 0 atom stereocenters. The molecule has 0 unspecified atom stereocenters. The third-order valence-electron chi connectivity index (χ3n) is 4.59. The maximum absolute atomic E-state index is 12.8. The lowest BCUT2D eigenvalue weighted by Gasteiger charge is -2.31. The van der Waals surface area contributed by atoms with Crippen LogP contribution < -0.4 is 0 Å². The number of likely N-dealkylation sites (tertiary alicyclic amines) is 1. The third kappa shape index (κ3) is 3.15. The van der Waals surface area contributed by atoms with Gasteiger partial charge in [0.15, 0.2) is 0 Å². The number of rotatable bonds is 3. The van der Waals surface area contributed by atoms with Crippen LogP contribution in [-0.4, -0.2) is 48.6 Å². The van der Waals surface area contributed by atoms with Gasteiger partial charge in [0.05, 0.1) is 10.6 Å². The molecule has 1 amide bonds. The first-order valence-corrected chi connectivity index (χ1v) is 8.53. The van der Waals surface area contributed by atoms with Gasteiger partial charge >= 0.3 is 0 Å². The SMILES string of the molecule is O=C(c1ccc(-n2cnnc2)cc1Cl)N1CCC(c2ncc[nH]2)CC1. The van der Waals surface area contributed by atoms with Crippen molar-refractivity contribution in [2.75, 3.05) is 13.1 Å². The van der Waals surface area contributed by atoms with Crippen LogP contribution in [-0.2, 0) is 0 Å². The van der Waals surface area contributed by atoms with Crippen molar-refractivity contribution < 1.29 is 4.79 Å². The van der Waals surface area contributed by atoms with E-state index in [0.29, 0.717) is 29.6 Å². The summed E-state index contributed by atoms with van der Waals surface area (Å²) in [4.78, 5) is 22.1. The van der Waals surface area contributed by atoms with Crippen LogP contribution >= 0.6 is 11.6 Å². The molecule has 1 aliphatic rings. The first kappa shape index (κ1) is 15.8. The normalized spacial score (nSPS) is 15.5. The van der Waals surface area contributed by atoms with Crippen molar-refractivity contribution in [2.45, 2.75) is 18.8 Å². The minimum atomic E-state index is -0.0294. The molecule has 1 aromatic carbocycles. The number of hydrogen-bond donors (Lipinski definition) is 1. The number of halogens is 1. The second-order valence-electron chi connectivity index (χ2n) is 6.07. The Bertz CT molecular complexity index is 853. The average Bonchev–Trinajstić information content (AvgIpc) is 3.35. The highest BCUT2D eigenvalue weighted by atomic mass is 35.5. The highest BCUT2D eigenvalue weighted by Crippen LogP contribution is 2.28. The van der Waals surface area contributed by atoms with Gasteiger partial charge in [0.25, 0.3) is 5.91 Å². The van der Waals surface area contributed by atoms with E-state index in [2.05, 4.69) is 20.2 Å². The molecule has 0 radical (unpaired) electrons. The fourth-order valence-electron chi connectivity index (χ4n) is 3.20. The molecule has 1 aliphatic heterocycles. The number of carbonyl (C=O) groups excluding carboxylic acids is 1. The first-order chi connectivity index (χ1) is 12.2. The van der Waals surface area contributed by atoms with Crippen LogP contribution in [0.25, 0.3) is 5.69 Å². The Balaban J connectivity index is 1.46. The molecule has 128 valence electrons. The Hall–Kier alpha value is -2.67. The fourth-order valence-corrected chi connectivity index (χ4v) is 3.45. The zero-order valence-electron chi connectivity index (χ0n) is 13.5. The largest absolute Gasteiger partial charge is 0.348 e. The Morgan fingerprint density at radius 3 is 2.60 bits per heavy atom. The van der Waals surface area contributed by atoms with Gasteiger partial charge in [0.1, 0.15) is 18.5 Å². The molecule has 1 saturated heterocycles. The predicted molar refractivity (Wildman–Crippen MR) is 92.8 cm³/mol. The number of benzene rings is 1. The molecule has 0 bridgehead atoms. The molecule has 7 nitrogen and oxygen atoms in total. The van der Waals surface area contributed by atoms with Gasteiger partial charge in [0.2, 0.25) is 0 Å². The third-order valence-corrected chi connectivity index (χ3v) is 4.90. The first-order valence-electron chi connectivity index (χ1n) is 8.15. The summed E-state index contributed by atoms with van der Waals surface area (Å²) in [6, 6.07) is 5.37. The van der Waals surface area contributed by atoms with Crippen molar-refractivity contribution in [1.29, 1.82) is 0 Å². The number of carbonyl (C=O) groups is 1. The predicted octanol–water partition coefficient (Wildman–Crippen LogP) is 2.66. The second kappa shape index (κ2) is 6.68. The summed E-state index contributed by atoms with van der Waals surface area (Å²) in [5.41, 5.74) is 1.35. The van der Waals surface area contributed by atoms with Crippen LogP contribution in [0.5, 0.6) is 0 Å². The smallest absolute Gasteiger partial charge is 0.255 e. The number of piperidine rings is 1. The van der Waals surface area contributed by atoms with Gasteiger partial charge in [-0.25, -0.2) is 4.98 Å². The van der Waals surface area contributed by atoms with Gasteiger partial charge in [-0.3, -0.25) is 9.36 Å². The molecule has 8 heteroatoms. The Kier molecular flexibility index (Phi) is 4.23. The summed E-state index contributed by atoms with van der Waals surface area (Å²) in [5, 5.41) is 7.98. The van der Waals surface area contributed by atoms with E-state index in [1.807, 2.05) is 17.2 Å². The zero-order valence-corrected chi connectivity index (χ0v) is 14.2. The van der Waals surface area contributed by atoms with Crippen molar-refractivity contribution in [3.63, 3.8) is 0 Å². The molecule has 25 heavy (non-hydrogen) atoms. The van der Waals surface area contributed by atoms with Crippen LogP contribution in [0, 0.1) is 0 Å². The van der Waals surface area contributed by atoms with Gasteiger partial charge < -0.3 is 9.88 Å². The fraction of sp³-hybridized carbons (Fsp3) is 0.294. The monoisotopic (exact) mass is 356 g/mol. The highest BCUT2D eigenvalue weighted by molar-refractivity contribution is 6.34. The van der Waals surface area contributed by atoms with Crippen molar-refractivity contribution in [1.82, 2.24) is 29.6 Å². The molecule has 0 spiro atoms. The Labute approximate surface area is 149 Å². The minimum absolute atomic E-state index is 0.0294. The van der Waals surface area contributed by atoms with Crippen molar-refractivity contribution in [2.24, 2.45) is 0 Å². The summed E-state index contributed by atoms with van der Waals surface area (Å²) in [5.74, 6) is 1.35. The summed E-state index contributed by atoms with van der Waals surface area (Å²) >= 11 is 6.35. The number of hydrogen-bond acceptors (Lipinski definition) is 4. The van der Waals surface area contributed by atoms with Gasteiger partial charge in [-0.1, -0.05) is 11.6 Å². The molecular weight excluding hydrogens is 340 g/mol. The van der Waals surface area contributed by atoms with Crippen molar-refractivity contribution in [3.8, 4) is 5.69 Å². The van der Waals surface area contributed by atoms with Crippen LogP contribution in [0.15, 0.2) is 43.2 Å². The zero-order chi connectivity index (χ0) is 17.2. The molecule has 0 aliphatic carbocycles. The number of aromatic amines is 1. The maximum atomic E-state index is 12.8. The lowest BCUT2D eigenvalue weighted by Crippen LogP contribution is -2.38. The topological polar surface area (TPSA) is 79.7 Å². The number of nitrogens with zero attached hydrogens (tertiary/aromatic N) is 5. The minimum Gasteiger partial charge on any atom is -0.348 e. The molecule has 1 N–H and O–H groups in total. The molecule has 3 heterocycles. The summed E-state index contributed by atoms with van der Waals surface area (Å²) < 4.78 is 1.75. The van der Waals surface area contributed by atoms with E-state index in [1.165, 1.54) is 0 Å². The Morgan fingerprint density at radius 2 is 1.96 bits per heavy atom.